The summed E-state index contributed by atoms with van der Waals surface area (Å²) < 4.78 is 0. The van der Waals surface area contributed by atoms with E-state index < -0.39 is 21.4 Å². The molecule has 0 heterocycles. The van der Waals surface area contributed by atoms with Crippen LogP contribution in [0.15, 0.2) is 72.8 Å². The fourth-order valence-corrected chi connectivity index (χ4v) is 3.29. The van der Waals surface area contributed by atoms with Gasteiger partial charge < -0.3 is 0 Å². The molecule has 0 aliphatic rings. The smallest absolute Gasteiger partial charge is 0.288 e. The van der Waals surface area contributed by atoms with Gasteiger partial charge in [-0.25, -0.2) is 0 Å². The quantitative estimate of drug-likeness (QED) is 0.150. The van der Waals surface area contributed by atoms with Gasteiger partial charge in [0.15, 0.2) is 11.6 Å². The van der Waals surface area contributed by atoms with Crippen molar-refractivity contribution in [1.82, 2.24) is 0 Å². The molecule has 0 aliphatic heterocycles. The Morgan fingerprint density at radius 3 is 1.47 bits per heavy atom. The minimum absolute atomic E-state index is 0.0622. The Labute approximate surface area is 203 Å². The molecule has 0 saturated heterocycles. The Kier molecular flexibility index (Phi) is 7.68. The number of carbonyl (C=O) groups is 2. The first kappa shape index (κ1) is 24.5. The van der Waals surface area contributed by atoms with Crippen LogP contribution in [0.1, 0.15) is 31.8 Å². The first-order chi connectivity index (χ1) is 16.2. The number of benzene rings is 3. The molecule has 3 aromatic rings. The molecule has 0 radical (unpaired) electrons. The minimum atomic E-state index is -0.665. The normalized spacial score (nSPS) is 11.1. The number of ketones is 2. The summed E-state index contributed by atoms with van der Waals surface area (Å²) in [4.78, 5) is 45.5. The molecule has 0 saturated carbocycles. The predicted octanol–water partition coefficient (Wildman–Crippen LogP) is 6.60. The highest BCUT2D eigenvalue weighted by atomic mass is 35.5. The van der Waals surface area contributed by atoms with Gasteiger partial charge in [-0.2, -0.15) is 0 Å². The van der Waals surface area contributed by atoms with Crippen molar-refractivity contribution < 1.29 is 19.4 Å². The van der Waals surface area contributed by atoms with Crippen molar-refractivity contribution in [3.63, 3.8) is 0 Å². The van der Waals surface area contributed by atoms with E-state index in [1.165, 1.54) is 48.6 Å². The SMILES string of the molecule is O=C(C=Cc1cccc(C=CC(=O)c2ccc(Cl)c([N+](=O)[O-])c2)c1)c1ccc(Cl)c([N+](=O)[O-])c1. The molecule has 0 aromatic heterocycles. The number of hydrogen-bond acceptors (Lipinski definition) is 6. The van der Waals surface area contributed by atoms with Crippen LogP contribution < -0.4 is 0 Å². The monoisotopic (exact) mass is 496 g/mol. The maximum absolute atomic E-state index is 12.4. The van der Waals surface area contributed by atoms with Gasteiger partial charge >= 0.3 is 0 Å². The van der Waals surface area contributed by atoms with Crippen molar-refractivity contribution in [3.8, 4) is 0 Å². The highest BCUT2D eigenvalue weighted by Crippen LogP contribution is 2.26. The van der Waals surface area contributed by atoms with Crippen LogP contribution in [0.3, 0.4) is 0 Å². The largest absolute Gasteiger partial charge is 0.289 e. The van der Waals surface area contributed by atoms with Gasteiger partial charge in [0.2, 0.25) is 0 Å². The summed E-state index contributed by atoms with van der Waals surface area (Å²) in [6.45, 7) is 0. The van der Waals surface area contributed by atoms with E-state index in [-0.39, 0.29) is 32.5 Å². The number of allylic oxidation sites excluding steroid dienone is 2. The minimum Gasteiger partial charge on any atom is -0.289 e. The van der Waals surface area contributed by atoms with E-state index in [4.69, 9.17) is 23.2 Å². The van der Waals surface area contributed by atoms with E-state index in [9.17, 15) is 29.8 Å². The molecule has 0 bridgehead atoms. The fourth-order valence-electron chi connectivity index (χ4n) is 2.91. The Morgan fingerprint density at radius 1 is 0.676 bits per heavy atom. The van der Waals surface area contributed by atoms with Gasteiger partial charge in [0.05, 0.1) is 9.85 Å². The van der Waals surface area contributed by atoms with Crippen molar-refractivity contribution in [2.75, 3.05) is 0 Å². The number of nitro groups is 2. The molecule has 0 fully saturated rings. The summed E-state index contributed by atoms with van der Waals surface area (Å²) in [5.41, 5.74) is 0.812. The molecule has 0 N–H and O–H groups in total. The predicted molar refractivity (Wildman–Crippen MR) is 129 cm³/mol. The van der Waals surface area contributed by atoms with Crippen LogP contribution in [0.25, 0.3) is 12.2 Å². The molecule has 10 heteroatoms. The molecule has 34 heavy (non-hydrogen) atoms. The van der Waals surface area contributed by atoms with E-state index in [0.717, 1.165) is 12.1 Å². The van der Waals surface area contributed by atoms with Crippen LogP contribution in [-0.2, 0) is 0 Å². The number of halogens is 2. The molecule has 0 atom stereocenters. The molecule has 0 unspecified atom stereocenters. The first-order valence-electron chi connectivity index (χ1n) is 9.58. The second-order valence-corrected chi connectivity index (χ2v) is 7.73. The average Bonchev–Trinajstić information content (AvgIpc) is 2.81. The topological polar surface area (TPSA) is 120 Å². The number of rotatable bonds is 8. The molecule has 3 aromatic carbocycles. The van der Waals surface area contributed by atoms with Crippen molar-refractivity contribution in [2.45, 2.75) is 0 Å². The maximum Gasteiger partial charge on any atom is 0.288 e. The second kappa shape index (κ2) is 10.7. The highest BCUT2D eigenvalue weighted by Gasteiger charge is 2.16. The van der Waals surface area contributed by atoms with E-state index in [1.807, 2.05) is 0 Å². The third-order valence-electron chi connectivity index (χ3n) is 4.62. The lowest BCUT2D eigenvalue weighted by molar-refractivity contribution is -0.384. The summed E-state index contributed by atoms with van der Waals surface area (Å²) in [7, 11) is 0. The Hall–Kier alpha value is -4.14. The zero-order chi connectivity index (χ0) is 24.8. The number of nitro benzene ring substituents is 2. The van der Waals surface area contributed by atoms with E-state index in [0.29, 0.717) is 11.1 Å². The zero-order valence-corrected chi connectivity index (χ0v) is 18.7. The average molecular weight is 497 g/mol. The van der Waals surface area contributed by atoms with Crippen molar-refractivity contribution in [2.24, 2.45) is 0 Å². The summed E-state index contributed by atoms with van der Waals surface area (Å²) in [6.07, 6.45) is 5.61. The van der Waals surface area contributed by atoms with Crippen LogP contribution in [0.5, 0.6) is 0 Å². The third kappa shape index (κ3) is 6.00. The van der Waals surface area contributed by atoms with Crippen LogP contribution in [0, 0.1) is 20.2 Å². The van der Waals surface area contributed by atoms with Gasteiger partial charge in [-0.3, -0.25) is 29.8 Å². The molecular formula is C24H14Cl2N2O6. The van der Waals surface area contributed by atoms with Gasteiger partial charge in [-0.15, -0.1) is 0 Å². The van der Waals surface area contributed by atoms with Crippen LogP contribution in [0.4, 0.5) is 11.4 Å². The first-order valence-corrected chi connectivity index (χ1v) is 10.3. The number of nitrogens with zero attached hydrogens (tertiary/aromatic N) is 2. The molecular weight excluding hydrogens is 483 g/mol. The van der Waals surface area contributed by atoms with Crippen molar-refractivity contribution >= 4 is 58.3 Å². The van der Waals surface area contributed by atoms with E-state index in [2.05, 4.69) is 0 Å². The Morgan fingerprint density at radius 2 is 1.09 bits per heavy atom. The summed E-state index contributed by atoms with van der Waals surface area (Å²) in [6, 6.07) is 14.5. The number of carbonyl (C=O) groups excluding carboxylic acids is 2. The standard InChI is InChI=1S/C24H14Cl2N2O6/c25-19-8-6-17(13-21(19)27(31)32)23(29)10-4-15-2-1-3-16(12-15)5-11-24(30)18-7-9-20(26)22(14-18)28(33)34/h1-14H. The summed E-state index contributed by atoms with van der Waals surface area (Å²) >= 11 is 11.5. The lowest BCUT2D eigenvalue weighted by atomic mass is 10.1. The van der Waals surface area contributed by atoms with Crippen LogP contribution in [-0.4, -0.2) is 21.4 Å². The highest BCUT2D eigenvalue weighted by molar-refractivity contribution is 6.33. The van der Waals surface area contributed by atoms with E-state index in [1.54, 1.807) is 24.3 Å². The molecule has 8 nitrogen and oxygen atoms in total. The zero-order valence-electron chi connectivity index (χ0n) is 17.2. The summed E-state index contributed by atoms with van der Waals surface area (Å²) in [5, 5.41) is 21.9. The van der Waals surface area contributed by atoms with Crippen molar-refractivity contribution in [1.29, 1.82) is 0 Å². The Bertz CT molecular complexity index is 1280. The third-order valence-corrected chi connectivity index (χ3v) is 5.26. The molecule has 170 valence electrons. The van der Waals surface area contributed by atoms with Gasteiger partial charge in [0.25, 0.3) is 11.4 Å². The Balaban J connectivity index is 1.75. The van der Waals surface area contributed by atoms with Gasteiger partial charge in [-0.1, -0.05) is 53.6 Å². The maximum atomic E-state index is 12.4. The van der Waals surface area contributed by atoms with E-state index >= 15 is 0 Å². The number of hydrogen-bond donors (Lipinski definition) is 0. The van der Waals surface area contributed by atoms with Gasteiger partial charge in [0.1, 0.15) is 10.0 Å². The molecule has 3 rings (SSSR count). The van der Waals surface area contributed by atoms with Crippen LogP contribution >= 0.6 is 23.2 Å². The lowest BCUT2D eigenvalue weighted by Gasteiger charge is -2.00. The van der Waals surface area contributed by atoms with Crippen LogP contribution in [0.2, 0.25) is 10.0 Å². The van der Waals surface area contributed by atoms with Gasteiger partial charge in [-0.05, 0) is 53.6 Å². The molecule has 0 amide bonds. The lowest BCUT2D eigenvalue weighted by Crippen LogP contribution is -1.97. The summed E-state index contributed by atoms with van der Waals surface area (Å²) in [5.74, 6) is -0.888. The van der Waals surface area contributed by atoms with Crippen molar-refractivity contribution in [3.05, 3.63) is 125 Å². The second-order valence-electron chi connectivity index (χ2n) is 6.91. The van der Waals surface area contributed by atoms with Gasteiger partial charge in [0, 0.05) is 23.3 Å². The molecule has 0 aliphatic carbocycles. The fraction of sp³-hybridized carbons (Fsp3) is 0. The molecule has 0 spiro atoms.